The molecule has 1 saturated heterocycles. The van der Waals surface area contributed by atoms with E-state index in [4.69, 9.17) is 15.0 Å². The first-order valence-corrected chi connectivity index (χ1v) is 9.81. The second-order valence-electron chi connectivity index (χ2n) is 6.56. The van der Waals surface area contributed by atoms with Gasteiger partial charge in [-0.15, -0.1) is 0 Å². The zero-order valence-corrected chi connectivity index (χ0v) is 17.2. The van der Waals surface area contributed by atoms with Gasteiger partial charge in [0.05, 0.1) is 24.9 Å². The molecule has 1 aliphatic rings. The molecule has 0 aliphatic carbocycles. The van der Waals surface area contributed by atoms with Gasteiger partial charge in [-0.05, 0) is 56.0 Å². The minimum atomic E-state index is -1.82. The lowest BCUT2D eigenvalue weighted by molar-refractivity contribution is 0.208. The first kappa shape index (κ1) is 15.4. The smallest absolute Gasteiger partial charge is 0.163 e. The molecular weight excluding hydrogens is 439 g/mol. The van der Waals surface area contributed by atoms with Gasteiger partial charge in [0.2, 0.25) is 0 Å². The van der Waals surface area contributed by atoms with E-state index in [2.05, 4.69) is 36.5 Å². The van der Waals surface area contributed by atoms with E-state index in [1.54, 1.807) is 24.3 Å². The summed E-state index contributed by atoms with van der Waals surface area (Å²) in [6.45, 7) is -3.53. The van der Waals surface area contributed by atoms with Crippen LogP contribution in [0.25, 0.3) is 10.9 Å². The summed E-state index contributed by atoms with van der Waals surface area (Å²) < 4.78 is 57.9. The number of ether oxygens (including phenoxy) is 2. The lowest BCUT2D eigenvalue weighted by Gasteiger charge is -2.23. The number of rotatable bonds is 6. The third kappa shape index (κ3) is 4.59. The summed E-state index contributed by atoms with van der Waals surface area (Å²) in [4.78, 5) is 8.51. The number of benzene rings is 2. The summed E-state index contributed by atoms with van der Waals surface area (Å²) >= 11 is 3.24. The molecule has 4 rings (SSSR count). The highest BCUT2D eigenvalue weighted by Crippen LogP contribution is 2.35. The van der Waals surface area contributed by atoms with Gasteiger partial charge in [-0.2, -0.15) is 0 Å². The minimum absolute atomic E-state index is 0.114. The van der Waals surface area contributed by atoms with Crippen molar-refractivity contribution in [3.63, 3.8) is 0 Å². The van der Waals surface area contributed by atoms with Crippen LogP contribution in [-0.2, 0) is 0 Å². The average molecular weight is 465 g/mol. The molecule has 1 aromatic heterocycles. The highest BCUT2D eigenvalue weighted by molar-refractivity contribution is 9.10. The van der Waals surface area contributed by atoms with E-state index >= 15 is 0 Å². The quantitative estimate of drug-likeness (QED) is 0.552. The van der Waals surface area contributed by atoms with Crippen molar-refractivity contribution in [2.45, 2.75) is 12.8 Å². The van der Waals surface area contributed by atoms with Gasteiger partial charge in [0.25, 0.3) is 0 Å². The Morgan fingerprint density at radius 3 is 2.83 bits per heavy atom. The maximum atomic E-state index is 14.3. The molecular formula is C21H22BrFN4O2. The van der Waals surface area contributed by atoms with E-state index < -0.39 is 18.8 Å². The summed E-state index contributed by atoms with van der Waals surface area (Å²) in [5.74, 6) is 0.413. The lowest BCUT2D eigenvalue weighted by atomic mass is 9.99. The number of nitrogens with zero attached hydrogens (tertiary/aromatic N) is 2. The van der Waals surface area contributed by atoms with E-state index in [1.807, 2.05) is 0 Å². The third-order valence-corrected chi connectivity index (χ3v) is 5.03. The van der Waals surface area contributed by atoms with Gasteiger partial charge in [0, 0.05) is 21.4 Å². The zero-order valence-electron chi connectivity index (χ0n) is 19.6. The molecule has 1 aliphatic heterocycles. The summed E-state index contributed by atoms with van der Waals surface area (Å²) in [6.07, 6.45) is 1.60. The number of nitrogens with one attached hydrogen (secondary N) is 2. The molecule has 8 heteroatoms. The molecule has 0 unspecified atom stereocenters. The fraction of sp³-hybridized carbons (Fsp3) is 0.333. The molecule has 2 heterocycles. The summed E-state index contributed by atoms with van der Waals surface area (Å²) in [6, 6.07) is 8.02. The van der Waals surface area contributed by atoms with Crippen LogP contribution < -0.4 is 20.1 Å². The number of aromatic nitrogens is 2. The number of hydrogen-bond donors (Lipinski definition) is 2. The normalized spacial score (nSPS) is 20.2. The van der Waals surface area contributed by atoms with Crippen molar-refractivity contribution in [3.05, 3.63) is 46.9 Å². The Bertz CT molecular complexity index is 1170. The van der Waals surface area contributed by atoms with Crippen molar-refractivity contribution in [3.8, 4) is 11.5 Å². The van der Waals surface area contributed by atoms with E-state index in [9.17, 15) is 4.39 Å². The second kappa shape index (κ2) is 8.92. The Balaban J connectivity index is 1.59. The molecule has 0 spiro atoms. The number of methoxy groups -OCH3 is 1. The van der Waals surface area contributed by atoms with E-state index in [1.165, 1.54) is 19.5 Å². The van der Waals surface area contributed by atoms with Crippen LogP contribution in [0.3, 0.4) is 0 Å². The van der Waals surface area contributed by atoms with Crippen LogP contribution in [0.4, 0.5) is 15.9 Å². The minimum Gasteiger partial charge on any atom is -0.493 e. The van der Waals surface area contributed by atoms with Crippen LogP contribution in [0, 0.1) is 11.7 Å². The topological polar surface area (TPSA) is 68.3 Å². The fourth-order valence-electron chi connectivity index (χ4n) is 3.01. The summed E-state index contributed by atoms with van der Waals surface area (Å²) in [5, 5.41) is 5.95. The van der Waals surface area contributed by atoms with Crippen molar-refractivity contribution in [2.75, 3.05) is 32.0 Å². The van der Waals surface area contributed by atoms with Gasteiger partial charge >= 0.3 is 0 Å². The highest BCUT2D eigenvalue weighted by atomic mass is 79.9. The van der Waals surface area contributed by atoms with Crippen LogP contribution in [0.1, 0.15) is 18.3 Å². The highest BCUT2D eigenvalue weighted by Gasteiger charge is 2.17. The summed E-state index contributed by atoms with van der Waals surface area (Å²) in [7, 11) is 1.49. The van der Waals surface area contributed by atoms with E-state index in [0.29, 0.717) is 32.7 Å². The van der Waals surface area contributed by atoms with Crippen LogP contribution in [0.15, 0.2) is 41.1 Å². The first-order chi connectivity index (χ1) is 15.5. The van der Waals surface area contributed by atoms with Gasteiger partial charge < -0.3 is 20.1 Å². The molecule has 0 saturated carbocycles. The standard InChI is InChI=1S/C21H22BrFN4O2/c1-28-19-9-15-18(10-20(19)29-11-13-4-6-24-7-5-13)25-12-26-21(15)27-17-3-2-14(22)8-16(17)23/h2-3,8-10,12-13,24H,4-7,11H2,1H3,(H,25,26,27)/i6D2,7D2. The molecule has 0 bridgehead atoms. The third-order valence-electron chi connectivity index (χ3n) is 4.54. The molecule has 29 heavy (non-hydrogen) atoms. The van der Waals surface area contributed by atoms with E-state index in [0.717, 1.165) is 0 Å². The molecule has 0 atom stereocenters. The predicted octanol–water partition coefficient (Wildman–Crippen LogP) is 4.66. The molecule has 3 aromatic rings. The van der Waals surface area contributed by atoms with Crippen molar-refractivity contribution >= 4 is 38.3 Å². The maximum Gasteiger partial charge on any atom is 0.163 e. The molecule has 0 amide bonds. The maximum absolute atomic E-state index is 14.3. The van der Waals surface area contributed by atoms with Crippen LogP contribution in [0.2, 0.25) is 0 Å². The Kier molecular flexibility index (Phi) is 4.74. The number of halogens is 2. The zero-order chi connectivity index (χ0) is 23.8. The number of anilines is 2. The second-order valence-corrected chi connectivity index (χ2v) is 7.47. The van der Waals surface area contributed by atoms with Gasteiger partial charge in [0.15, 0.2) is 11.5 Å². The molecule has 1 fully saturated rings. The Labute approximate surface area is 182 Å². The van der Waals surface area contributed by atoms with Gasteiger partial charge in [-0.25, -0.2) is 14.4 Å². The first-order valence-electron chi connectivity index (χ1n) is 11.0. The Hall–Kier alpha value is -2.45. The predicted molar refractivity (Wildman–Crippen MR) is 115 cm³/mol. The summed E-state index contributed by atoms with van der Waals surface area (Å²) in [5.41, 5.74) is 0.795. The van der Waals surface area contributed by atoms with Crippen LogP contribution in [-0.4, -0.2) is 36.7 Å². The molecule has 2 N–H and O–H groups in total. The number of hydrogen-bond acceptors (Lipinski definition) is 6. The van der Waals surface area contributed by atoms with Gasteiger partial charge in [-0.3, -0.25) is 0 Å². The largest absolute Gasteiger partial charge is 0.493 e. The molecule has 6 nitrogen and oxygen atoms in total. The number of fused-ring (bicyclic) bond motifs is 1. The van der Waals surface area contributed by atoms with Crippen molar-refractivity contribution < 1.29 is 19.3 Å². The van der Waals surface area contributed by atoms with Gasteiger partial charge in [-0.1, -0.05) is 15.9 Å². The van der Waals surface area contributed by atoms with Crippen LogP contribution >= 0.6 is 15.9 Å². The van der Waals surface area contributed by atoms with Crippen molar-refractivity contribution in [1.82, 2.24) is 15.3 Å². The molecule has 0 radical (unpaired) electrons. The lowest BCUT2D eigenvalue weighted by Crippen LogP contribution is -2.30. The van der Waals surface area contributed by atoms with Crippen LogP contribution in [0.5, 0.6) is 11.5 Å². The number of piperidine rings is 1. The van der Waals surface area contributed by atoms with Crippen molar-refractivity contribution in [1.29, 1.82) is 0 Å². The Morgan fingerprint density at radius 1 is 1.24 bits per heavy atom. The SMILES string of the molecule is [2H]C1([2H])CC(COc2cc3ncnc(Nc4ccc(Br)cc4F)c3cc2OC)CC([2H])([2H])N1. The Morgan fingerprint density at radius 2 is 2.07 bits per heavy atom. The molecule has 2 aromatic carbocycles. The van der Waals surface area contributed by atoms with Crippen molar-refractivity contribution in [2.24, 2.45) is 5.92 Å². The average Bonchev–Trinajstić information content (AvgIpc) is 2.71. The fourth-order valence-corrected chi connectivity index (χ4v) is 3.34. The van der Waals surface area contributed by atoms with Gasteiger partial charge in [0.1, 0.15) is 18.0 Å². The van der Waals surface area contributed by atoms with E-state index in [-0.39, 0.29) is 31.1 Å². The monoisotopic (exact) mass is 464 g/mol. The molecule has 152 valence electrons.